The number of ether oxygens (including phenoxy) is 1. The zero-order valence-corrected chi connectivity index (χ0v) is 10.9. The maximum atomic E-state index is 11.0. The highest BCUT2D eigenvalue weighted by atomic mass is 35.5. The first kappa shape index (κ1) is 13.1. The lowest BCUT2D eigenvalue weighted by atomic mass is 10.1. The Labute approximate surface area is 110 Å². The Morgan fingerprint density at radius 2 is 2.22 bits per heavy atom. The minimum Gasteiger partial charge on any atom is -0.478 e. The first-order valence-electron chi connectivity index (χ1n) is 5.79. The highest BCUT2D eigenvalue weighted by Gasteiger charge is 2.23. The molecule has 1 aliphatic rings. The Balaban J connectivity index is 2.26. The zero-order valence-electron chi connectivity index (χ0n) is 10.1. The summed E-state index contributed by atoms with van der Waals surface area (Å²) in [4.78, 5) is 17.2. The molecule has 0 unspecified atom stereocenters. The number of carboxylic acids is 1. The summed E-state index contributed by atoms with van der Waals surface area (Å²) >= 11 is 6.10. The van der Waals surface area contributed by atoms with Crippen LogP contribution < -0.4 is 4.90 Å². The predicted octanol–water partition coefficient (Wildman–Crippen LogP) is 2.05. The van der Waals surface area contributed by atoms with E-state index in [-0.39, 0.29) is 16.6 Å². The Bertz CT molecular complexity index is 447. The molecule has 0 saturated carbocycles. The van der Waals surface area contributed by atoms with Gasteiger partial charge in [-0.1, -0.05) is 11.6 Å². The second-order valence-corrected chi connectivity index (χ2v) is 4.63. The van der Waals surface area contributed by atoms with Crippen molar-refractivity contribution in [2.45, 2.75) is 18.9 Å². The van der Waals surface area contributed by atoms with Gasteiger partial charge in [-0.3, -0.25) is 0 Å². The Morgan fingerprint density at radius 1 is 1.56 bits per heavy atom. The fourth-order valence-electron chi connectivity index (χ4n) is 2.09. The smallest absolute Gasteiger partial charge is 0.337 e. The SMILES string of the molecule is CN(c1nccc(C(=O)O)c1Cl)C1CCOCC1. The summed E-state index contributed by atoms with van der Waals surface area (Å²) < 4.78 is 5.30. The van der Waals surface area contributed by atoms with E-state index in [2.05, 4.69) is 4.98 Å². The number of carbonyl (C=O) groups is 1. The topological polar surface area (TPSA) is 62.7 Å². The van der Waals surface area contributed by atoms with Crippen LogP contribution in [0, 0.1) is 0 Å². The van der Waals surface area contributed by atoms with Gasteiger partial charge in [0.05, 0.1) is 10.6 Å². The second kappa shape index (κ2) is 5.54. The molecule has 0 atom stereocenters. The monoisotopic (exact) mass is 270 g/mol. The average Bonchev–Trinajstić information content (AvgIpc) is 2.39. The minimum absolute atomic E-state index is 0.0839. The Hall–Kier alpha value is -1.33. The van der Waals surface area contributed by atoms with Crippen molar-refractivity contribution in [3.63, 3.8) is 0 Å². The molecule has 2 rings (SSSR count). The fraction of sp³-hybridized carbons (Fsp3) is 0.500. The number of rotatable bonds is 3. The van der Waals surface area contributed by atoms with Crippen molar-refractivity contribution in [3.8, 4) is 0 Å². The van der Waals surface area contributed by atoms with Crippen LogP contribution in [-0.2, 0) is 4.74 Å². The van der Waals surface area contributed by atoms with Crippen molar-refractivity contribution in [1.82, 2.24) is 4.98 Å². The van der Waals surface area contributed by atoms with Gasteiger partial charge in [0.25, 0.3) is 0 Å². The third-order valence-electron chi connectivity index (χ3n) is 3.17. The van der Waals surface area contributed by atoms with E-state index in [0.29, 0.717) is 19.0 Å². The fourth-order valence-corrected chi connectivity index (χ4v) is 2.42. The largest absolute Gasteiger partial charge is 0.478 e. The summed E-state index contributed by atoms with van der Waals surface area (Å²) in [5, 5.41) is 9.22. The maximum Gasteiger partial charge on any atom is 0.337 e. The van der Waals surface area contributed by atoms with Crippen molar-refractivity contribution in [2.75, 3.05) is 25.2 Å². The van der Waals surface area contributed by atoms with Crippen molar-refractivity contribution in [2.24, 2.45) is 0 Å². The molecule has 1 aromatic heterocycles. The Kier molecular flexibility index (Phi) is 4.04. The quantitative estimate of drug-likeness (QED) is 0.911. The van der Waals surface area contributed by atoms with Gasteiger partial charge in [-0.05, 0) is 18.9 Å². The number of aromatic nitrogens is 1. The van der Waals surface area contributed by atoms with E-state index in [1.165, 1.54) is 12.3 Å². The van der Waals surface area contributed by atoms with Crippen LogP contribution in [0.3, 0.4) is 0 Å². The number of pyridine rings is 1. The van der Waals surface area contributed by atoms with Gasteiger partial charge in [0.15, 0.2) is 0 Å². The number of nitrogens with zero attached hydrogens (tertiary/aromatic N) is 2. The van der Waals surface area contributed by atoms with E-state index in [1.54, 1.807) is 0 Å². The molecule has 0 aliphatic carbocycles. The lowest BCUT2D eigenvalue weighted by molar-refractivity contribution is 0.0696. The summed E-state index contributed by atoms with van der Waals surface area (Å²) in [6, 6.07) is 1.69. The molecular formula is C12H15ClN2O3. The molecule has 1 N–H and O–H groups in total. The van der Waals surface area contributed by atoms with Crippen LogP contribution in [-0.4, -0.2) is 42.4 Å². The molecule has 0 amide bonds. The van der Waals surface area contributed by atoms with Crippen molar-refractivity contribution < 1.29 is 14.6 Å². The molecular weight excluding hydrogens is 256 g/mol. The minimum atomic E-state index is -1.04. The van der Waals surface area contributed by atoms with E-state index in [0.717, 1.165) is 12.8 Å². The van der Waals surface area contributed by atoms with Gasteiger partial charge in [-0.2, -0.15) is 0 Å². The molecule has 98 valence electrons. The number of anilines is 1. The van der Waals surface area contributed by atoms with Crippen LogP contribution in [0.4, 0.5) is 5.82 Å². The molecule has 5 nitrogen and oxygen atoms in total. The lowest BCUT2D eigenvalue weighted by Crippen LogP contribution is -2.37. The van der Waals surface area contributed by atoms with Crippen molar-refractivity contribution in [1.29, 1.82) is 0 Å². The van der Waals surface area contributed by atoms with E-state index in [1.807, 2.05) is 11.9 Å². The molecule has 0 spiro atoms. The average molecular weight is 271 g/mol. The van der Waals surface area contributed by atoms with Gasteiger partial charge >= 0.3 is 5.97 Å². The normalized spacial score (nSPS) is 16.6. The highest BCUT2D eigenvalue weighted by molar-refractivity contribution is 6.35. The van der Waals surface area contributed by atoms with Gasteiger partial charge in [0.1, 0.15) is 5.82 Å². The molecule has 2 heterocycles. The molecule has 0 bridgehead atoms. The van der Waals surface area contributed by atoms with Crippen LogP contribution in [0.1, 0.15) is 23.2 Å². The molecule has 1 fully saturated rings. The van der Waals surface area contributed by atoms with Crippen LogP contribution in [0.2, 0.25) is 5.02 Å². The standard InChI is InChI=1S/C12H15ClN2O3/c1-15(8-3-6-18-7-4-8)11-10(13)9(12(16)17)2-5-14-11/h2,5,8H,3-4,6-7H2,1H3,(H,16,17). The highest BCUT2D eigenvalue weighted by Crippen LogP contribution is 2.29. The van der Waals surface area contributed by atoms with Gasteiger partial charge < -0.3 is 14.7 Å². The van der Waals surface area contributed by atoms with Crippen LogP contribution in [0.25, 0.3) is 0 Å². The molecule has 1 saturated heterocycles. The molecule has 0 aromatic carbocycles. The van der Waals surface area contributed by atoms with Crippen LogP contribution in [0.5, 0.6) is 0 Å². The van der Waals surface area contributed by atoms with Gasteiger partial charge in [0, 0.05) is 32.5 Å². The first-order valence-corrected chi connectivity index (χ1v) is 6.17. The van der Waals surface area contributed by atoms with Gasteiger partial charge in [-0.25, -0.2) is 9.78 Å². The molecule has 1 aliphatic heterocycles. The summed E-state index contributed by atoms with van der Waals surface area (Å²) in [6.45, 7) is 1.43. The third kappa shape index (κ3) is 2.57. The first-order chi connectivity index (χ1) is 8.61. The van der Waals surface area contributed by atoms with Crippen molar-refractivity contribution in [3.05, 3.63) is 22.8 Å². The van der Waals surface area contributed by atoms with E-state index < -0.39 is 5.97 Å². The summed E-state index contributed by atoms with van der Waals surface area (Å²) in [7, 11) is 1.88. The number of hydrogen-bond donors (Lipinski definition) is 1. The third-order valence-corrected chi connectivity index (χ3v) is 3.55. The summed E-state index contributed by atoms with van der Waals surface area (Å²) in [6.07, 6.45) is 3.26. The second-order valence-electron chi connectivity index (χ2n) is 4.26. The molecule has 6 heteroatoms. The maximum absolute atomic E-state index is 11.0. The number of carboxylic acid groups (broad SMARTS) is 1. The molecule has 0 radical (unpaired) electrons. The van der Waals surface area contributed by atoms with Gasteiger partial charge in [0.2, 0.25) is 0 Å². The predicted molar refractivity (Wildman–Crippen MR) is 68.5 cm³/mol. The number of halogens is 1. The van der Waals surface area contributed by atoms with Crippen molar-refractivity contribution >= 4 is 23.4 Å². The summed E-state index contributed by atoms with van der Waals surface area (Å²) in [5.74, 6) is -0.521. The number of aromatic carboxylic acids is 1. The molecule has 1 aromatic rings. The van der Waals surface area contributed by atoms with E-state index in [4.69, 9.17) is 21.4 Å². The molecule has 18 heavy (non-hydrogen) atoms. The zero-order chi connectivity index (χ0) is 13.1. The van der Waals surface area contributed by atoms with Crippen LogP contribution in [0.15, 0.2) is 12.3 Å². The summed E-state index contributed by atoms with van der Waals surface area (Å²) in [5.41, 5.74) is 0.0839. The van der Waals surface area contributed by atoms with Gasteiger partial charge in [-0.15, -0.1) is 0 Å². The van der Waals surface area contributed by atoms with Crippen LogP contribution >= 0.6 is 11.6 Å². The number of hydrogen-bond acceptors (Lipinski definition) is 4. The van der Waals surface area contributed by atoms with E-state index in [9.17, 15) is 4.79 Å². The van der Waals surface area contributed by atoms with E-state index >= 15 is 0 Å². The lowest BCUT2D eigenvalue weighted by Gasteiger charge is -2.32. The Morgan fingerprint density at radius 3 is 2.83 bits per heavy atom.